The molecule has 0 aliphatic carbocycles. The van der Waals surface area contributed by atoms with Crippen LogP contribution in [0.2, 0.25) is 0 Å². The first-order valence-electron chi connectivity index (χ1n) is 7.61. The Kier molecular flexibility index (Phi) is 6.44. The van der Waals surface area contributed by atoms with Gasteiger partial charge in [-0.25, -0.2) is 9.97 Å². The van der Waals surface area contributed by atoms with Crippen molar-refractivity contribution in [3.63, 3.8) is 0 Å². The second-order valence-electron chi connectivity index (χ2n) is 6.43. The van der Waals surface area contributed by atoms with Crippen LogP contribution in [0.15, 0.2) is 10.7 Å². The SMILES string of the molecule is CCCCN(c1cc(Br)nc(C(C)(C)C)n1)C(C)CC. The van der Waals surface area contributed by atoms with Crippen molar-refractivity contribution in [3.05, 3.63) is 16.5 Å². The van der Waals surface area contributed by atoms with Gasteiger partial charge in [-0.3, -0.25) is 0 Å². The fraction of sp³-hybridized carbons (Fsp3) is 0.750. The van der Waals surface area contributed by atoms with E-state index in [0.29, 0.717) is 6.04 Å². The lowest BCUT2D eigenvalue weighted by Gasteiger charge is -2.31. The molecule has 20 heavy (non-hydrogen) atoms. The highest BCUT2D eigenvalue weighted by atomic mass is 79.9. The van der Waals surface area contributed by atoms with Crippen molar-refractivity contribution in [2.75, 3.05) is 11.4 Å². The van der Waals surface area contributed by atoms with Crippen molar-refractivity contribution in [1.82, 2.24) is 9.97 Å². The van der Waals surface area contributed by atoms with Crippen molar-refractivity contribution in [2.45, 2.75) is 72.3 Å². The lowest BCUT2D eigenvalue weighted by molar-refractivity contribution is 0.534. The number of hydrogen-bond acceptors (Lipinski definition) is 3. The van der Waals surface area contributed by atoms with E-state index in [1.54, 1.807) is 0 Å². The van der Waals surface area contributed by atoms with E-state index in [1.807, 2.05) is 6.07 Å². The van der Waals surface area contributed by atoms with Crippen molar-refractivity contribution in [1.29, 1.82) is 0 Å². The number of aromatic nitrogens is 2. The zero-order chi connectivity index (χ0) is 15.3. The normalized spacial score (nSPS) is 13.3. The van der Waals surface area contributed by atoms with Gasteiger partial charge < -0.3 is 4.90 Å². The molecule has 0 aliphatic heterocycles. The van der Waals surface area contributed by atoms with Crippen LogP contribution in [0.25, 0.3) is 0 Å². The van der Waals surface area contributed by atoms with Crippen LogP contribution in [0, 0.1) is 0 Å². The molecule has 0 aliphatic rings. The highest BCUT2D eigenvalue weighted by molar-refractivity contribution is 9.10. The standard InChI is InChI=1S/C16H28BrN3/c1-7-9-10-20(12(3)8-2)14-11-13(17)18-15(19-14)16(4,5)6/h11-12H,7-10H2,1-6H3. The first-order chi connectivity index (χ1) is 9.29. The van der Waals surface area contributed by atoms with Crippen molar-refractivity contribution in [2.24, 2.45) is 0 Å². The number of nitrogens with zero attached hydrogens (tertiary/aromatic N) is 3. The molecular formula is C16H28BrN3. The molecule has 1 rings (SSSR count). The molecule has 114 valence electrons. The summed E-state index contributed by atoms with van der Waals surface area (Å²) in [6.07, 6.45) is 3.51. The van der Waals surface area contributed by atoms with E-state index in [4.69, 9.17) is 4.98 Å². The maximum Gasteiger partial charge on any atom is 0.137 e. The molecule has 1 heterocycles. The van der Waals surface area contributed by atoms with Gasteiger partial charge >= 0.3 is 0 Å². The topological polar surface area (TPSA) is 29.0 Å². The van der Waals surface area contributed by atoms with E-state index in [-0.39, 0.29) is 5.41 Å². The van der Waals surface area contributed by atoms with Crippen molar-refractivity contribution in [3.8, 4) is 0 Å². The highest BCUT2D eigenvalue weighted by Crippen LogP contribution is 2.26. The molecule has 1 aromatic rings. The molecular weight excluding hydrogens is 314 g/mol. The summed E-state index contributed by atoms with van der Waals surface area (Å²) in [7, 11) is 0. The van der Waals surface area contributed by atoms with Crippen LogP contribution in [0.3, 0.4) is 0 Å². The van der Waals surface area contributed by atoms with Gasteiger partial charge in [0.15, 0.2) is 0 Å². The van der Waals surface area contributed by atoms with Gasteiger partial charge in [-0.1, -0.05) is 41.0 Å². The average Bonchev–Trinajstić information content (AvgIpc) is 2.37. The summed E-state index contributed by atoms with van der Waals surface area (Å²) < 4.78 is 0.872. The minimum absolute atomic E-state index is 0.0373. The summed E-state index contributed by atoms with van der Waals surface area (Å²) in [5, 5.41) is 0. The summed E-state index contributed by atoms with van der Waals surface area (Å²) in [5.74, 6) is 1.94. The third-order valence-electron chi connectivity index (χ3n) is 3.52. The first-order valence-corrected chi connectivity index (χ1v) is 8.40. The summed E-state index contributed by atoms with van der Waals surface area (Å²) in [4.78, 5) is 11.8. The summed E-state index contributed by atoms with van der Waals surface area (Å²) in [6.45, 7) is 14.2. The molecule has 0 fully saturated rings. The van der Waals surface area contributed by atoms with Crippen LogP contribution in [-0.2, 0) is 5.41 Å². The van der Waals surface area contributed by atoms with Crippen LogP contribution in [-0.4, -0.2) is 22.6 Å². The average molecular weight is 342 g/mol. The minimum Gasteiger partial charge on any atom is -0.354 e. The van der Waals surface area contributed by atoms with Gasteiger partial charge in [-0.05, 0) is 35.7 Å². The quantitative estimate of drug-likeness (QED) is 0.686. The molecule has 4 heteroatoms. The predicted octanol–water partition coefficient (Wildman–Crippen LogP) is 4.94. The molecule has 0 saturated heterocycles. The predicted molar refractivity (Wildman–Crippen MR) is 90.4 cm³/mol. The van der Waals surface area contributed by atoms with E-state index in [0.717, 1.165) is 29.2 Å². The van der Waals surface area contributed by atoms with Gasteiger partial charge in [0.1, 0.15) is 16.2 Å². The Balaban J connectivity index is 3.15. The smallest absolute Gasteiger partial charge is 0.137 e. The largest absolute Gasteiger partial charge is 0.354 e. The summed E-state index contributed by atoms with van der Waals surface area (Å²) in [5.41, 5.74) is -0.0373. The number of unbranched alkanes of at least 4 members (excludes halogenated alkanes) is 1. The molecule has 0 aromatic carbocycles. The Labute approximate surface area is 132 Å². The highest BCUT2D eigenvalue weighted by Gasteiger charge is 2.21. The molecule has 3 nitrogen and oxygen atoms in total. The summed E-state index contributed by atoms with van der Waals surface area (Å²) in [6, 6.07) is 2.54. The van der Waals surface area contributed by atoms with E-state index in [9.17, 15) is 0 Å². The molecule has 1 atom stereocenters. The number of rotatable bonds is 6. The Morgan fingerprint density at radius 1 is 1.25 bits per heavy atom. The number of halogens is 1. The lowest BCUT2D eigenvalue weighted by atomic mass is 9.96. The fourth-order valence-corrected chi connectivity index (χ4v) is 2.37. The van der Waals surface area contributed by atoms with Gasteiger partial charge in [0.05, 0.1) is 0 Å². The van der Waals surface area contributed by atoms with Crippen LogP contribution in [0.5, 0.6) is 0 Å². The summed E-state index contributed by atoms with van der Waals surface area (Å²) >= 11 is 3.54. The van der Waals surface area contributed by atoms with Gasteiger partial charge in [0.2, 0.25) is 0 Å². The molecule has 0 amide bonds. The first kappa shape index (κ1) is 17.4. The molecule has 0 spiro atoms. The zero-order valence-electron chi connectivity index (χ0n) is 13.7. The van der Waals surface area contributed by atoms with E-state index in [2.05, 4.69) is 67.4 Å². The van der Waals surface area contributed by atoms with Gasteiger partial charge in [0.25, 0.3) is 0 Å². The van der Waals surface area contributed by atoms with E-state index < -0.39 is 0 Å². The van der Waals surface area contributed by atoms with E-state index >= 15 is 0 Å². The number of hydrogen-bond donors (Lipinski definition) is 0. The molecule has 0 bridgehead atoms. The molecule has 0 saturated carbocycles. The van der Waals surface area contributed by atoms with Crippen LogP contribution in [0.1, 0.15) is 66.6 Å². The van der Waals surface area contributed by atoms with Crippen LogP contribution in [0.4, 0.5) is 5.82 Å². The second kappa shape index (κ2) is 7.39. The van der Waals surface area contributed by atoms with Crippen LogP contribution < -0.4 is 4.90 Å². The van der Waals surface area contributed by atoms with Crippen LogP contribution >= 0.6 is 15.9 Å². The Morgan fingerprint density at radius 3 is 2.40 bits per heavy atom. The van der Waals surface area contributed by atoms with Crippen molar-refractivity contribution < 1.29 is 0 Å². The van der Waals surface area contributed by atoms with Gasteiger partial charge in [-0.15, -0.1) is 0 Å². The Bertz CT molecular complexity index is 426. The molecule has 1 aromatic heterocycles. The molecule has 1 unspecified atom stereocenters. The Morgan fingerprint density at radius 2 is 1.90 bits per heavy atom. The molecule has 0 N–H and O–H groups in total. The van der Waals surface area contributed by atoms with Gasteiger partial charge in [-0.2, -0.15) is 0 Å². The minimum atomic E-state index is -0.0373. The third kappa shape index (κ3) is 4.72. The third-order valence-corrected chi connectivity index (χ3v) is 3.93. The van der Waals surface area contributed by atoms with Crippen molar-refractivity contribution >= 4 is 21.7 Å². The maximum absolute atomic E-state index is 4.81. The molecule has 0 radical (unpaired) electrons. The zero-order valence-corrected chi connectivity index (χ0v) is 15.3. The van der Waals surface area contributed by atoms with E-state index in [1.165, 1.54) is 12.8 Å². The maximum atomic E-state index is 4.81. The lowest BCUT2D eigenvalue weighted by Crippen LogP contribution is -2.35. The second-order valence-corrected chi connectivity index (χ2v) is 7.24. The fourth-order valence-electron chi connectivity index (χ4n) is 2.00. The van der Waals surface area contributed by atoms with Gasteiger partial charge in [0, 0.05) is 24.1 Å². The monoisotopic (exact) mass is 341 g/mol. The Hall–Kier alpha value is -0.640. The number of anilines is 1.